The number of fused-ring (bicyclic) bond motifs is 4. The largest absolute Gasteiger partial charge is 4.00 e. The maximum absolute atomic E-state index is 7.01. The number of anilines is 4. The fourth-order valence-corrected chi connectivity index (χ4v) is 9.80. The van der Waals surface area contributed by atoms with E-state index >= 15 is 0 Å². The average molecular weight is 1110 g/mol. The first-order valence-corrected chi connectivity index (χ1v) is 24.4. The van der Waals surface area contributed by atoms with Crippen molar-refractivity contribution in [3.8, 4) is 28.4 Å². The molecule has 0 amide bonds. The zero-order chi connectivity index (χ0) is 48.6. The van der Waals surface area contributed by atoms with Crippen LogP contribution in [0.25, 0.3) is 38.8 Å². The Labute approximate surface area is 437 Å². The van der Waals surface area contributed by atoms with Crippen LogP contribution < -0.4 is 14.5 Å². The molecular weight excluding hydrogens is 1050 g/mol. The molecule has 9 aromatic rings. The second kappa shape index (κ2) is 19.3. The van der Waals surface area contributed by atoms with Gasteiger partial charge in [0.25, 0.3) is 0 Å². The Morgan fingerprint density at radius 2 is 1.23 bits per heavy atom. The number of aromatic nitrogens is 2. The third-order valence-corrected chi connectivity index (χ3v) is 14.2. The van der Waals surface area contributed by atoms with Crippen molar-refractivity contribution in [1.29, 1.82) is 0 Å². The van der Waals surface area contributed by atoms with Crippen molar-refractivity contribution in [2.24, 2.45) is 0 Å². The molecule has 6 heteroatoms. The van der Waals surface area contributed by atoms with E-state index in [0.717, 1.165) is 55.9 Å². The number of hydrogen-bond donors (Lipinski definition) is 0. The Bertz CT molecular complexity index is 3410. The number of aryl methyl sites for hydroxylation is 2. The molecule has 0 bridgehead atoms. The number of para-hydroxylation sites is 1. The second-order valence-corrected chi connectivity index (χ2v) is 21.8. The molecule has 1 aliphatic heterocycles. The van der Waals surface area contributed by atoms with E-state index in [-0.39, 0.29) is 44.7 Å². The van der Waals surface area contributed by atoms with Crippen LogP contribution in [-0.2, 0) is 37.3 Å². The third-order valence-electron chi connectivity index (χ3n) is 14.2. The summed E-state index contributed by atoms with van der Waals surface area (Å²) >= 11 is 0. The summed E-state index contributed by atoms with van der Waals surface area (Å²) in [7, 11) is 0. The van der Waals surface area contributed by atoms with Gasteiger partial charge in [0.05, 0.1) is 0 Å². The zero-order valence-corrected chi connectivity index (χ0v) is 45.9. The smallest absolute Gasteiger partial charge is 0.509 e. The minimum Gasteiger partial charge on any atom is -0.509 e. The second-order valence-electron chi connectivity index (χ2n) is 21.8. The zero-order valence-electron chi connectivity index (χ0n) is 43.6. The van der Waals surface area contributed by atoms with Gasteiger partial charge in [-0.15, -0.1) is 53.6 Å². The summed E-state index contributed by atoms with van der Waals surface area (Å²) in [5.74, 6) is 2.36. The maximum atomic E-state index is 7.01. The summed E-state index contributed by atoms with van der Waals surface area (Å²) < 4.78 is 9.22. The summed E-state index contributed by atoms with van der Waals surface area (Å²) in [4.78, 5) is 9.58. The summed E-state index contributed by atoms with van der Waals surface area (Å²) in [6.45, 7) is 29.5. The van der Waals surface area contributed by atoms with Crippen LogP contribution in [-0.4, -0.2) is 9.55 Å². The van der Waals surface area contributed by atoms with Gasteiger partial charge in [-0.2, -0.15) is 6.07 Å². The van der Waals surface area contributed by atoms with Gasteiger partial charge in [-0.05, 0) is 123 Å². The van der Waals surface area contributed by atoms with Crippen LogP contribution >= 0.6 is 0 Å². The number of rotatable bonds is 9. The van der Waals surface area contributed by atoms with Gasteiger partial charge >= 0.3 is 21.1 Å². The maximum Gasteiger partial charge on any atom is 4.00 e. The van der Waals surface area contributed by atoms with Gasteiger partial charge in [0.1, 0.15) is 5.82 Å². The van der Waals surface area contributed by atoms with Gasteiger partial charge < -0.3 is 26.5 Å². The van der Waals surface area contributed by atoms with Crippen molar-refractivity contribution in [2.75, 3.05) is 9.80 Å². The van der Waals surface area contributed by atoms with Crippen LogP contribution in [0.1, 0.15) is 114 Å². The quantitative estimate of drug-likeness (QED) is 0.135. The number of pyridine rings is 1. The van der Waals surface area contributed by atoms with Gasteiger partial charge in [-0.25, -0.2) is 4.98 Å². The molecule has 362 valence electrons. The SMILES string of the molecule is Cc1cc2c(cc1C)N(c1cc(C(C)(C)C)cc(C(C)(C)c3ccccc3)c1)[CH-]N2c1[c-]c(Oc2[c-]c3c(cc2)c2ccccc2n3-c2cc(C(C)(C)C)ccn2)cc(-c2ccccc2C(C)C)c1.[CH3-].[Pt+4]. The number of hydrogen-bond acceptors (Lipinski definition) is 4. The molecule has 0 N–H and O–H groups in total. The first kappa shape index (κ1) is 50.9. The Balaban J connectivity index is 0.00000338. The summed E-state index contributed by atoms with van der Waals surface area (Å²) in [5.41, 5.74) is 16.8. The summed E-state index contributed by atoms with van der Waals surface area (Å²) in [5, 5.41) is 2.23. The Hall–Kier alpha value is -6.42. The van der Waals surface area contributed by atoms with E-state index in [9.17, 15) is 0 Å². The van der Waals surface area contributed by atoms with Crippen molar-refractivity contribution < 1.29 is 25.8 Å². The van der Waals surface area contributed by atoms with Gasteiger partial charge in [-0.3, -0.25) is 0 Å². The van der Waals surface area contributed by atoms with Crippen LogP contribution in [0.4, 0.5) is 22.7 Å². The monoisotopic (exact) mass is 1110 g/mol. The predicted molar refractivity (Wildman–Crippen MR) is 296 cm³/mol. The van der Waals surface area contributed by atoms with Crippen LogP contribution in [0.5, 0.6) is 11.5 Å². The molecule has 3 heterocycles. The molecule has 0 aliphatic carbocycles. The first-order valence-electron chi connectivity index (χ1n) is 24.4. The van der Waals surface area contributed by atoms with Gasteiger partial charge in [0.15, 0.2) is 0 Å². The van der Waals surface area contributed by atoms with E-state index in [1.165, 1.54) is 44.5 Å². The van der Waals surface area contributed by atoms with E-state index in [0.29, 0.717) is 17.4 Å². The van der Waals surface area contributed by atoms with Gasteiger partial charge in [0.2, 0.25) is 0 Å². The van der Waals surface area contributed by atoms with Crippen molar-refractivity contribution in [2.45, 2.75) is 105 Å². The molecular formula is C65H66N4OPt. The molecule has 0 unspecified atom stereocenters. The molecule has 7 aromatic carbocycles. The van der Waals surface area contributed by atoms with Crippen molar-refractivity contribution in [1.82, 2.24) is 9.55 Å². The Kier molecular flexibility index (Phi) is 13.8. The van der Waals surface area contributed by atoms with E-state index in [1.807, 2.05) is 12.3 Å². The third kappa shape index (κ3) is 9.59. The molecule has 5 nitrogen and oxygen atoms in total. The van der Waals surface area contributed by atoms with E-state index in [4.69, 9.17) is 9.72 Å². The van der Waals surface area contributed by atoms with E-state index in [2.05, 4.69) is 256 Å². The molecule has 0 saturated carbocycles. The van der Waals surface area contributed by atoms with Gasteiger partial charge in [0, 0.05) is 45.7 Å². The molecule has 10 rings (SSSR count). The fourth-order valence-electron chi connectivity index (χ4n) is 9.80. The number of nitrogens with zero attached hydrogens (tertiary/aromatic N) is 4. The standard InChI is InChI=1S/C64H63N4O.CH3.Pt/c1-41(2)53-22-16-17-23-54(53)44-32-49(38-52(33-44)69-51-26-27-56-55-24-18-19-25-57(55)68(58(56)39-51)61-37-46(28-29-65-61)62(5,6)7)66-40-67(60-31-43(4)42(3)30-59(60)66)50-35-47(63(8,9)10)34-48(36-50)64(11,12)45-20-14-13-15-21-45;;/h13-37,40-41H,1-12H3;1H3;/q-3;-1;+4. The van der Waals surface area contributed by atoms with E-state index in [1.54, 1.807) is 0 Å². The fraction of sp³-hybridized carbons (Fsp3) is 0.246. The topological polar surface area (TPSA) is 33.5 Å². The minimum absolute atomic E-state index is 0. The van der Waals surface area contributed by atoms with Crippen LogP contribution in [0, 0.1) is 40.1 Å². The van der Waals surface area contributed by atoms with Crippen molar-refractivity contribution >= 4 is 44.6 Å². The molecule has 1 aliphatic rings. The number of benzene rings is 7. The molecule has 2 aromatic heterocycles. The molecule has 0 fully saturated rings. The van der Waals surface area contributed by atoms with Gasteiger partial charge in [-0.1, -0.05) is 154 Å². The van der Waals surface area contributed by atoms with E-state index < -0.39 is 0 Å². The molecule has 0 atom stereocenters. The van der Waals surface area contributed by atoms with Crippen molar-refractivity contribution in [3.05, 3.63) is 217 Å². The molecule has 0 spiro atoms. The normalized spacial score (nSPS) is 12.9. The first-order chi connectivity index (χ1) is 32.8. The average Bonchev–Trinajstić information content (AvgIpc) is 3.86. The molecule has 71 heavy (non-hydrogen) atoms. The van der Waals surface area contributed by atoms with Crippen LogP contribution in [0.3, 0.4) is 0 Å². The summed E-state index contributed by atoms with van der Waals surface area (Å²) in [6, 6.07) is 60.3. The number of ether oxygens (including phenoxy) is 1. The van der Waals surface area contributed by atoms with Crippen LogP contribution in [0.15, 0.2) is 152 Å². The van der Waals surface area contributed by atoms with Crippen molar-refractivity contribution in [3.63, 3.8) is 0 Å². The molecule has 0 saturated heterocycles. The Morgan fingerprint density at radius 3 is 1.93 bits per heavy atom. The Morgan fingerprint density at radius 1 is 0.577 bits per heavy atom. The summed E-state index contributed by atoms with van der Waals surface area (Å²) in [6.07, 6.45) is 1.91. The minimum atomic E-state index is -0.234. The van der Waals surface area contributed by atoms with Crippen LogP contribution in [0.2, 0.25) is 0 Å². The molecule has 0 radical (unpaired) electrons. The predicted octanol–water partition coefficient (Wildman–Crippen LogP) is 17.8.